The zero-order chi connectivity index (χ0) is 17.3. The molecule has 124 valence electrons. The highest BCUT2D eigenvalue weighted by Gasteiger charge is 2.30. The standard InChI is InChI=1S/C17H14F3N3O/c1-2-15(24)23-8-7-12-9-21-16(22-14(12)10-23)11-3-5-13(6-4-11)17(18,19)20/h2-6,9H,1,7-8,10H2. The molecule has 24 heavy (non-hydrogen) atoms. The number of carbonyl (C=O) groups excluding carboxylic acids is 1. The highest BCUT2D eigenvalue weighted by atomic mass is 19.4. The first-order valence-corrected chi connectivity index (χ1v) is 7.32. The first kappa shape index (κ1) is 16.2. The maximum Gasteiger partial charge on any atom is 0.416 e. The van der Waals surface area contributed by atoms with Crippen molar-refractivity contribution in [3.8, 4) is 11.4 Å². The van der Waals surface area contributed by atoms with E-state index in [1.165, 1.54) is 18.2 Å². The molecule has 0 aliphatic carbocycles. The van der Waals surface area contributed by atoms with Crippen molar-refractivity contribution >= 4 is 5.91 Å². The fraction of sp³-hybridized carbons (Fsp3) is 0.235. The van der Waals surface area contributed by atoms with E-state index in [0.29, 0.717) is 36.6 Å². The molecule has 1 aliphatic rings. The molecule has 0 saturated heterocycles. The Balaban J connectivity index is 1.89. The van der Waals surface area contributed by atoms with E-state index >= 15 is 0 Å². The number of halogens is 3. The lowest BCUT2D eigenvalue weighted by Crippen LogP contribution is -2.35. The van der Waals surface area contributed by atoms with Crippen LogP contribution < -0.4 is 0 Å². The number of hydrogen-bond donors (Lipinski definition) is 0. The molecule has 0 spiro atoms. The number of amides is 1. The van der Waals surface area contributed by atoms with Crippen molar-refractivity contribution in [2.45, 2.75) is 19.1 Å². The molecule has 0 saturated carbocycles. The molecule has 1 amide bonds. The van der Waals surface area contributed by atoms with E-state index in [1.807, 2.05) is 0 Å². The van der Waals surface area contributed by atoms with Gasteiger partial charge in [0.05, 0.1) is 17.8 Å². The largest absolute Gasteiger partial charge is 0.416 e. The average molecular weight is 333 g/mol. The van der Waals surface area contributed by atoms with Crippen LogP contribution in [0.15, 0.2) is 43.1 Å². The second kappa shape index (κ2) is 6.07. The van der Waals surface area contributed by atoms with Gasteiger partial charge in [0.25, 0.3) is 0 Å². The zero-order valence-corrected chi connectivity index (χ0v) is 12.7. The lowest BCUT2D eigenvalue weighted by Gasteiger charge is -2.27. The van der Waals surface area contributed by atoms with Gasteiger partial charge in [-0.05, 0) is 30.2 Å². The van der Waals surface area contributed by atoms with Crippen molar-refractivity contribution in [1.29, 1.82) is 0 Å². The van der Waals surface area contributed by atoms with Gasteiger partial charge in [0.15, 0.2) is 5.82 Å². The first-order valence-electron chi connectivity index (χ1n) is 7.32. The molecule has 0 atom stereocenters. The summed E-state index contributed by atoms with van der Waals surface area (Å²) in [6.07, 6.45) is -0.809. The van der Waals surface area contributed by atoms with E-state index in [-0.39, 0.29) is 5.91 Å². The topological polar surface area (TPSA) is 46.1 Å². The molecule has 0 fully saturated rings. The van der Waals surface area contributed by atoms with E-state index in [1.54, 1.807) is 11.1 Å². The summed E-state index contributed by atoms with van der Waals surface area (Å²) in [6, 6.07) is 4.71. The molecule has 2 heterocycles. The number of rotatable bonds is 2. The number of benzene rings is 1. The van der Waals surface area contributed by atoms with Crippen LogP contribution in [0.2, 0.25) is 0 Å². The summed E-state index contributed by atoms with van der Waals surface area (Å²) < 4.78 is 37.9. The van der Waals surface area contributed by atoms with Crippen LogP contribution in [0.4, 0.5) is 13.2 Å². The van der Waals surface area contributed by atoms with Crippen molar-refractivity contribution in [3.63, 3.8) is 0 Å². The molecule has 1 aromatic heterocycles. The molecule has 1 aliphatic heterocycles. The lowest BCUT2D eigenvalue weighted by molar-refractivity contribution is -0.137. The number of nitrogens with zero attached hydrogens (tertiary/aromatic N) is 3. The van der Waals surface area contributed by atoms with Crippen LogP contribution in [0.1, 0.15) is 16.8 Å². The van der Waals surface area contributed by atoms with Crippen molar-refractivity contribution in [2.75, 3.05) is 6.54 Å². The third-order valence-electron chi connectivity index (χ3n) is 3.90. The molecular weight excluding hydrogens is 319 g/mol. The van der Waals surface area contributed by atoms with Gasteiger partial charge in [-0.3, -0.25) is 4.79 Å². The van der Waals surface area contributed by atoms with Crippen molar-refractivity contribution < 1.29 is 18.0 Å². The van der Waals surface area contributed by atoms with Crippen LogP contribution in [0.25, 0.3) is 11.4 Å². The summed E-state index contributed by atoms with van der Waals surface area (Å²) in [6.45, 7) is 4.38. The maximum atomic E-state index is 12.6. The molecule has 7 heteroatoms. The molecule has 0 radical (unpaired) electrons. The van der Waals surface area contributed by atoms with Gasteiger partial charge in [-0.15, -0.1) is 0 Å². The van der Waals surface area contributed by atoms with E-state index in [9.17, 15) is 18.0 Å². The Labute approximate surface area is 136 Å². The van der Waals surface area contributed by atoms with Crippen LogP contribution in [-0.4, -0.2) is 27.3 Å². The SMILES string of the molecule is C=CC(=O)N1CCc2cnc(-c3ccc(C(F)(F)F)cc3)nc2C1. The highest BCUT2D eigenvalue weighted by molar-refractivity contribution is 5.87. The summed E-state index contributed by atoms with van der Waals surface area (Å²) >= 11 is 0. The second-order valence-corrected chi connectivity index (χ2v) is 5.45. The monoisotopic (exact) mass is 333 g/mol. The molecule has 4 nitrogen and oxygen atoms in total. The van der Waals surface area contributed by atoms with Gasteiger partial charge in [0, 0.05) is 18.3 Å². The summed E-state index contributed by atoms with van der Waals surface area (Å²) in [7, 11) is 0. The molecular formula is C17H14F3N3O. The van der Waals surface area contributed by atoms with Gasteiger partial charge in [-0.2, -0.15) is 13.2 Å². The lowest BCUT2D eigenvalue weighted by atomic mass is 10.1. The first-order chi connectivity index (χ1) is 11.4. The second-order valence-electron chi connectivity index (χ2n) is 5.45. The molecule has 2 aromatic rings. The minimum atomic E-state index is -4.37. The predicted molar refractivity (Wildman–Crippen MR) is 81.8 cm³/mol. The van der Waals surface area contributed by atoms with Gasteiger partial charge in [0.2, 0.25) is 5.91 Å². The Morgan fingerprint density at radius 3 is 2.58 bits per heavy atom. The Morgan fingerprint density at radius 2 is 1.96 bits per heavy atom. The third kappa shape index (κ3) is 3.15. The Kier molecular flexibility index (Phi) is 4.09. The molecule has 0 unspecified atom stereocenters. The van der Waals surface area contributed by atoms with Gasteiger partial charge in [0.1, 0.15) is 0 Å². The van der Waals surface area contributed by atoms with Crippen LogP contribution in [0.5, 0.6) is 0 Å². The van der Waals surface area contributed by atoms with Crippen molar-refractivity contribution in [3.05, 3.63) is 59.9 Å². The number of aromatic nitrogens is 2. The quantitative estimate of drug-likeness (QED) is 0.793. The smallest absolute Gasteiger partial charge is 0.333 e. The molecule has 0 bridgehead atoms. The van der Waals surface area contributed by atoms with Crippen LogP contribution in [0.3, 0.4) is 0 Å². The Hall–Kier alpha value is -2.70. The Morgan fingerprint density at radius 1 is 1.25 bits per heavy atom. The van der Waals surface area contributed by atoms with Crippen LogP contribution in [-0.2, 0) is 23.9 Å². The Bertz CT molecular complexity index is 785. The fourth-order valence-electron chi connectivity index (χ4n) is 2.57. The zero-order valence-electron chi connectivity index (χ0n) is 12.7. The van der Waals surface area contributed by atoms with E-state index in [0.717, 1.165) is 17.7 Å². The van der Waals surface area contributed by atoms with E-state index in [4.69, 9.17) is 0 Å². The predicted octanol–water partition coefficient (Wildman–Crippen LogP) is 3.23. The summed E-state index contributed by atoms with van der Waals surface area (Å²) in [5.41, 5.74) is 1.44. The normalized spacial score (nSPS) is 14.2. The fourth-order valence-corrected chi connectivity index (χ4v) is 2.57. The summed E-state index contributed by atoms with van der Waals surface area (Å²) in [4.78, 5) is 22.0. The van der Waals surface area contributed by atoms with Gasteiger partial charge >= 0.3 is 6.18 Å². The minimum Gasteiger partial charge on any atom is -0.333 e. The van der Waals surface area contributed by atoms with Crippen molar-refractivity contribution in [2.24, 2.45) is 0 Å². The minimum absolute atomic E-state index is 0.171. The average Bonchev–Trinajstić information content (AvgIpc) is 2.59. The van der Waals surface area contributed by atoms with E-state index < -0.39 is 11.7 Å². The highest BCUT2D eigenvalue weighted by Crippen LogP contribution is 2.30. The summed E-state index contributed by atoms with van der Waals surface area (Å²) in [5, 5.41) is 0. The third-order valence-corrected chi connectivity index (χ3v) is 3.90. The molecule has 0 N–H and O–H groups in total. The van der Waals surface area contributed by atoms with Crippen LogP contribution >= 0.6 is 0 Å². The van der Waals surface area contributed by atoms with Gasteiger partial charge in [-0.1, -0.05) is 18.7 Å². The maximum absolute atomic E-state index is 12.6. The number of carbonyl (C=O) groups is 1. The van der Waals surface area contributed by atoms with Crippen LogP contribution in [0, 0.1) is 0 Å². The number of fused-ring (bicyclic) bond motifs is 1. The molecule has 1 aromatic carbocycles. The summed E-state index contributed by atoms with van der Waals surface area (Å²) in [5.74, 6) is 0.172. The van der Waals surface area contributed by atoms with Gasteiger partial charge in [-0.25, -0.2) is 9.97 Å². The number of hydrogen-bond acceptors (Lipinski definition) is 3. The van der Waals surface area contributed by atoms with E-state index in [2.05, 4.69) is 16.5 Å². The number of alkyl halides is 3. The van der Waals surface area contributed by atoms with Crippen molar-refractivity contribution in [1.82, 2.24) is 14.9 Å². The van der Waals surface area contributed by atoms with Gasteiger partial charge < -0.3 is 4.90 Å². The molecule has 3 rings (SSSR count).